The number of hydrogen-bond donors (Lipinski definition) is 2. The highest BCUT2D eigenvalue weighted by molar-refractivity contribution is 5.31. The Labute approximate surface area is 112 Å². The average molecular weight is 252 g/mol. The number of para-hydroxylation sites is 1. The third kappa shape index (κ3) is 9.06. The Bertz CT molecular complexity index is 284. The molecule has 0 unspecified atom stereocenters. The van der Waals surface area contributed by atoms with Crippen molar-refractivity contribution in [1.29, 1.82) is 0 Å². The van der Waals surface area contributed by atoms with E-state index in [-0.39, 0.29) is 6.61 Å². The van der Waals surface area contributed by atoms with E-state index in [1.165, 1.54) is 38.5 Å². The fraction of sp³-hybridized carbons (Fsp3) is 0.625. The van der Waals surface area contributed by atoms with Crippen molar-refractivity contribution in [2.24, 2.45) is 0 Å². The SMILES string of the molecule is CCCCCCCCc1ccccc1O.CCO. The summed E-state index contributed by atoms with van der Waals surface area (Å²) in [5.74, 6) is 0.450. The molecule has 2 nitrogen and oxygen atoms in total. The molecule has 0 aliphatic carbocycles. The number of benzene rings is 1. The van der Waals surface area contributed by atoms with E-state index in [1.54, 1.807) is 13.0 Å². The molecule has 0 radical (unpaired) electrons. The lowest BCUT2D eigenvalue weighted by Gasteiger charge is -2.03. The molecule has 0 heterocycles. The Morgan fingerprint density at radius 2 is 1.44 bits per heavy atom. The maximum atomic E-state index is 9.55. The van der Waals surface area contributed by atoms with Crippen LogP contribution in [0.15, 0.2) is 24.3 Å². The van der Waals surface area contributed by atoms with Gasteiger partial charge < -0.3 is 10.2 Å². The zero-order chi connectivity index (χ0) is 13.6. The van der Waals surface area contributed by atoms with Crippen LogP contribution in [0.4, 0.5) is 0 Å². The fourth-order valence-corrected chi connectivity index (χ4v) is 1.82. The standard InChI is InChI=1S/C14H22O.C2H6O/c1-2-3-4-5-6-7-10-13-11-8-9-12-14(13)15;1-2-3/h8-9,11-12,15H,2-7,10H2,1H3;3H,2H2,1H3. The van der Waals surface area contributed by atoms with Gasteiger partial charge in [0.05, 0.1) is 0 Å². The third-order valence-corrected chi connectivity index (χ3v) is 2.79. The molecule has 2 heteroatoms. The lowest BCUT2D eigenvalue weighted by molar-refractivity contribution is 0.318. The van der Waals surface area contributed by atoms with Gasteiger partial charge in [0, 0.05) is 6.61 Å². The van der Waals surface area contributed by atoms with E-state index in [2.05, 4.69) is 6.92 Å². The van der Waals surface area contributed by atoms with Gasteiger partial charge in [0.1, 0.15) is 5.75 Å². The summed E-state index contributed by atoms with van der Waals surface area (Å²) >= 11 is 0. The van der Waals surface area contributed by atoms with E-state index < -0.39 is 0 Å². The van der Waals surface area contributed by atoms with Crippen LogP contribution in [0.25, 0.3) is 0 Å². The Balaban J connectivity index is 0.000000873. The number of aryl methyl sites for hydroxylation is 1. The van der Waals surface area contributed by atoms with Crippen LogP contribution < -0.4 is 0 Å². The molecule has 0 aliphatic heterocycles. The molecule has 0 fully saturated rings. The molecular weight excluding hydrogens is 224 g/mol. The molecule has 2 N–H and O–H groups in total. The summed E-state index contributed by atoms with van der Waals surface area (Å²) in [7, 11) is 0. The maximum absolute atomic E-state index is 9.55. The van der Waals surface area contributed by atoms with Gasteiger partial charge in [-0.05, 0) is 31.4 Å². The van der Waals surface area contributed by atoms with Crippen molar-refractivity contribution in [3.05, 3.63) is 29.8 Å². The average Bonchev–Trinajstić information content (AvgIpc) is 2.37. The van der Waals surface area contributed by atoms with Crippen LogP contribution in [0, 0.1) is 0 Å². The monoisotopic (exact) mass is 252 g/mol. The Morgan fingerprint density at radius 3 is 2.06 bits per heavy atom. The fourth-order valence-electron chi connectivity index (χ4n) is 1.82. The predicted octanol–water partition coefficient (Wildman–Crippen LogP) is 4.29. The highest BCUT2D eigenvalue weighted by Gasteiger charge is 1.98. The van der Waals surface area contributed by atoms with Crippen LogP contribution >= 0.6 is 0 Å². The number of phenols is 1. The van der Waals surface area contributed by atoms with Gasteiger partial charge in [-0.25, -0.2) is 0 Å². The Morgan fingerprint density at radius 1 is 0.889 bits per heavy atom. The molecule has 1 rings (SSSR count). The van der Waals surface area contributed by atoms with Gasteiger partial charge in [-0.1, -0.05) is 57.2 Å². The lowest BCUT2D eigenvalue weighted by Crippen LogP contribution is -1.86. The van der Waals surface area contributed by atoms with Crippen molar-refractivity contribution in [3.63, 3.8) is 0 Å². The van der Waals surface area contributed by atoms with Gasteiger partial charge >= 0.3 is 0 Å². The molecule has 0 saturated carbocycles. The molecule has 1 aromatic carbocycles. The van der Waals surface area contributed by atoms with Gasteiger partial charge in [-0.2, -0.15) is 0 Å². The lowest BCUT2D eigenvalue weighted by atomic mass is 10.0. The van der Waals surface area contributed by atoms with E-state index in [1.807, 2.05) is 18.2 Å². The second-order valence-electron chi connectivity index (χ2n) is 4.46. The second kappa shape index (κ2) is 12.4. The summed E-state index contributed by atoms with van der Waals surface area (Å²) in [5.41, 5.74) is 1.09. The summed E-state index contributed by atoms with van der Waals surface area (Å²) in [4.78, 5) is 0. The summed E-state index contributed by atoms with van der Waals surface area (Å²) in [5, 5.41) is 17.1. The maximum Gasteiger partial charge on any atom is 0.118 e. The molecule has 18 heavy (non-hydrogen) atoms. The Kier molecular flexibility index (Phi) is 11.7. The normalized spacial score (nSPS) is 9.72. The minimum Gasteiger partial charge on any atom is -0.508 e. The minimum absolute atomic E-state index is 0.250. The number of aromatic hydroxyl groups is 1. The van der Waals surface area contributed by atoms with Gasteiger partial charge in [0.25, 0.3) is 0 Å². The summed E-state index contributed by atoms with van der Waals surface area (Å²) < 4.78 is 0. The number of aliphatic hydroxyl groups excluding tert-OH is 1. The predicted molar refractivity (Wildman–Crippen MR) is 77.9 cm³/mol. The van der Waals surface area contributed by atoms with Crippen LogP contribution in [0.5, 0.6) is 5.75 Å². The van der Waals surface area contributed by atoms with Crippen molar-refractivity contribution in [2.75, 3.05) is 6.61 Å². The van der Waals surface area contributed by atoms with E-state index >= 15 is 0 Å². The summed E-state index contributed by atoms with van der Waals surface area (Å²) in [6.07, 6.45) is 8.85. The summed E-state index contributed by atoms with van der Waals surface area (Å²) in [6.45, 7) is 4.17. The van der Waals surface area contributed by atoms with E-state index in [4.69, 9.17) is 5.11 Å². The number of phenolic OH excluding ortho intramolecular Hbond substituents is 1. The van der Waals surface area contributed by atoms with E-state index in [0.717, 1.165) is 12.0 Å². The number of hydrogen-bond acceptors (Lipinski definition) is 2. The molecule has 0 spiro atoms. The van der Waals surface area contributed by atoms with Crippen LogP contribution in [-0.2, 0) is 6.42 Å². The Hall–Kier alpha value is -1.02. The van der Waals surface area contributed by atoms with Crippen LogP contribution in [0.1, 0.15) is 57.9 Å². The first-order valence-electron chi connectivity index (χ1n) is 7.13. The topological polar surface area (TPSA) is 40.5 Å². The first kappa shape index (κ1) is 17.0. The van der Waals surface area contributed by atoms with Crippen molar-refractivity contribution in [2.45, 2.75) is 58.8 Å². The molecule has 0 aromatic heterocycles. The molecule has 0 amide bonds. The molecule has 0 aliphatic rings. The van der Waals surface area contributed by atoms with Gasteiger partial charge in [0.2, 0.25) is 0 Å². The van der Waals surface area contributed by atoms with Crippen molar-refractivity contribution in [3.8, 4) is 5.75 Å². The molecular formula is C16H28O2. The summed E-state index contributed by atoms with van der Waals surface area (Å²) in [6, 6.07) is 7.65. The molecule has 0 atom stereocenters. The molecule has 0 bridgehead atoms. The smallest absolute Gasteiger partial charge is 0.118 e. The molecule has 1 aromatic rings. The first-order chi connectivity index (χ1) is 8.76. The quantitative estimate of drug-likeness (QED) is 0.710. The van der Waals surface area contributed by atoms with Crippen molar-refractivity contribution >= 4 is 0 Å². The molecule has 0 saturated heterocycles. The van der Waals surface area contributed by atoms with E-state index in [9.17, 15) is 5.11 Å². The van der Waals surface area contributed by atoms with Gasteiger partial charge in [-0.3, -0.25) is 0 Å². The van der Waals surface area contributed by atoms with Gasteiger partial charge in [-0.15, -0.1) is 0 Å². The first-order valence-corrected chi connectivity index (χ1v) is 7.13. The number of aliphatic hydroxyl groups is 1. The zero-order valence-corrected chi connectivity index (χ0v) is 11.9. The molecule has 104 valence electrons. The number of rotatable bonds is 7. The highest BCUT2D eigenvalue weighted by atomic mass is 16.3. The van der Waals surface area contributed by atoms with Gasteiger partial charge in [0.15, 0.2) is 0 Å². The minimum atomic E-state index is 0.250. The number of unbranched alkanes of at least 4 members (excludes halogenated alkanes) is 5. The zero-order valence-electron chi connectivity index (χ0n) is 11.9. The van der Waals surface area contributed by atoms with Crippen LogP contribution in [0.3, 0.4) is 0 Å². The second-order valence-corrected chi connectivity index (χ2v) is 4.46. The third-order valence-electron chi connectivity index (χ3n) is 2.79. The van der Waals surface area contributed by atoms with Crippen molar-refractivity contribution < 1.29 is 10.2 Å². The highest BCUT2D eigenvalue weighted by Crippen LogP contribution is 2.18. The van der Waals surface area contributed by atoms with Crippen LogP contribution in [0.2, 0.25) is 0 Å². The van der Waals surface area contributed by atoms with E-state index in [0.29, 0.717) is 5.75 Å². The van der Waals surface area contributed by atoms with Crippen molar-refractivity contribution in [1.82, 2.24) is 0 Å². The largest absolute Gasteiger partial charge is 0.508 e. The van der Waals surface area contributed by atoms with Crippen LogP contribution in [-0.4, -0.2) is 16.8 Å².